The number of esters is 1. The van der Waals surface area contributed by atoms with Crippen molar-refractivity contribution in [3.8, 4) is 11.5 Å². The molecule has 10 nitrogen and oxygen atoms in total. The van der Waals surface area contributed by atoms with Gasteiger partial charge in [-0.2, -0.15) is 0 Å². The van der Waals surface area contributed by atoms with Crippen LogP contribution in [0.5, 0.6) is 11.5 Å². The van der Waals surface area contributed by atoms with Gasteiger partial charge in [0.05, 0.1) is 18.4 Å². The third kappa shape index (κ3) is 4.52. The van der Waals surface area contributed by atoms with Gasteiger partial charge in [-0.1, -0.05) is 18.2 Å². The number of fused-ring (bicyclic) bond motifs is 1. The van der Waals surface area contributed by atoms with Crippen LogP contribution in [0.15, 0.2) is 48.8 Å². The van der Waals surface area contributed by atoms with E-state index >= 15 is 0 Å². The van der Waals surface area contributed by atoms with Crippen molar-refractivity contribution in [1.29, 1.82) is 0 Å². The van der Waals surface area contributed by atoms with Gasteiger partial charge in [0.15, 0.2) is 23.1 Å². The van der Waals surface area contributed by atoms with Crippen molar-refractivity contribution >= 4 is 29.0 Å². The molecule has 1 fully saturated rings. The average molecular weight is 477 g/mol. The Balaban J connectivity index is 1.29. The maximum absolute atomic E-state index is 12.2. The first-order valence-electron chi connectivity index (χ1n) is 11.4. The Morgan fingerprint density at radius 3 is 2.66 bits per heavy atom. The molecule has 1 saturated heterocycles. The molecule has 3 heterocycles. The van der Waals surface area contributed by atoms with Gasteiger partial charge in [-0.15, -0.1) is 0 Å². The number of carbonyl (C=O) groups is 1. The zero-order chi connectivity index (χ0) is 24.4. The van der Waals surface area contributed by atoms with E-state index in [0.717, 1.165) is 44.2 Å². The molecule has 0 radical (unpaired) electrons. The van der Waals surface area contributed by atoms with E-state index in [2.05, 4.69) is 25.8 Å². The van der Waals surface area contributed by atoms with Crippen LogP contribution in [0.4, 0.5) is 23.0 Å². The standard InChI is InChI=1S/C25H28N6O4/c1-29(19-6-4-3-5-18(19)25(32)33-2)23-22(26)24(28-15-27-23)31-11-9-30(10-12-31)14-17-7-8-20-21(13-17)35-16-34-20/h3-8,13,15H,9-12,14,16,26H2,1-2H3. The Kier molecular flexibility index (Phi) is 6.28. The number of ether oxygens (including phenoxy) is 3. The molecule has 2 aromatic carbocycles. The van der Waals surface area contributed by atoms with E-state index in [9.17, 15) is 4.79 Å². The van der Waals surface area contributed by atoms with Crippen molar-refractivity contribution in [2.75, 3.05) is 62.7 Å². The molecule has 182 valence electrons. The number of rotatable bonds is 6. The highest BCUT2D eigenvalue weighted by Gasteiger charge is 2.24. The zero-order valence-electron chi connectivity index (χ0n) is 19.8. The van der Waals surface area contributed by atoms with E-state index in [0.29, 0.717) is 28.6 Å². The summed E-state index contributed by atoms with van der Waals surface area (Å²) in [4.78, 5) is 27.5. The van der Waals surface area contributed by atoms with E-state index in [1.807, 2.05) is 31.3 Å². The third-order valence-corrected chi connectivity index (χ3v) is 6.35. The maximum atomic E-state index is 12.2. The van der Waals surface area contributed by atoms with Crippen molar-refractivity contribution in [3.63, 3.8) is 0 Å². The Morgan fingerprint density at radius 1 is 1.09 bits per heavy atom. The van der Waals surface area contributed by atoms with Crippen molar-refractivity contribution in [3.05, 3.63) is 59.9 Å². The normalized spacial score (nSPS) is 15.2. The van der Waals surface area contributed by atoms with E-state index in [1.165, 1.54) is 19.0 Å². The summed E-state index contributed by atoms with van der Waals surface area (Å²) in [5.74, 6) is 2.42. The molecule has 3 aromatic rings. The molecule has 0 bridgehead atoms. The highest BCUT2D eigenvalue weighted by molar-refractivity contribution is 5.97. The first kappa shape index (κ1) is 22.7. The summed E-state index contributed by atoms with van der Waals surface area (Å²) in [6.07, 6.45) is 1.51. The molecule has 0 amide bonds. The lowest BCUT2D eigenvalue weighted by Gasteiger charge is -2.36. The second kappa shape index (κ2) is 9.67. The first-order chi connectivity index (χ1) is 17.0. The molecule has 2 aliphatic rings. The van der Waals surface area contributed by atoms with Crippen LogP contribution in [0.2, 0.25) is 0 Å². The largest absolute Gasteiger partial charge is 0.465 e. The van der Waals surface area contributed by atoms with Crippen LogP contribution < -0.4 is 25.0 Å². The molecule has 0 spiro atoms. The molecule has 10 heteroatoms. The van der Waals surface area contributed by atoms with E-state index in [1.54, 1.807) is 17.0 Å². The summed E-state index contributed by atoms with van der Waals surface area (Å²) in [7, 11) is 3.19. The lowest BCUT2D eigenvalue weighted by molar-refractivity contribution is 0.0601. The van der Waals surface area contributed by atoms with Gasteiger partial charge in [0, 0.05) is 39.8 Å². The van der Waals surface area contributed by atoms with Crippen LogP contribution >= 0.6 is 0 Å². The number of nitrogen functional groups attached to an aromatic ring is 1. The smallest absolute Gasteiger partial charge is 0.339 e. The van der Waals surface area contributed by atoms with Gasteiger partial charge in [0.1, 0.15) is 12.0 Å². The van der Waals surface area contributed by atoms with Crippen LogP contribution in [0.1, 0.15) is 15.9 Å². The van der Waals surface area contributed by atoms with Crippen molar-refractivity contribution in [2.45, 2.75) is 6.54 Å². The lowest BCUT2D eigenvalue weighted by atomic mass is 10.1. The van der Waals surface area contributed by atoms with Crippen LogP contribution in [-0.2, 0) is 11.3 Å². The number of nitrogens with two attached hydrogens (primary N) is 1. The molecule has 0 atom stereocenters. The number of para-hydroxylation sites is 1. The molecule has 0 saturated carbocycles. The predicted octanol–water partition coefficient (Wildman–Crippen LogP) is 2.66. The summed E-state index contributed by atoms with van der Waals surface area (Å²) in [6, 6.07) is 13.3. The number of hydrogen-bond acceptors (Lipinski definition) is 10. The van der Waals surface area contributed by atoms with Crippen molar-refractivity contribution in [2.24, 2.45) is 0 Å². The number of anilines is 4. The fraction of sp³-hybridized carbons (Fsp3) is 0.320. The summed E-state index contributed by atoms with van der Waals surface area (Å²) in [5.41, 5.74) is 9.32. The summed E-state index contributed by atoms with van der Waals surface area (Å²) < 4.78 is 15.8. The second-order valence-electron chi connectivity index (χ2n) is 8.45. The summed E-state index contributed by atoms with van der Waals surface area (Å²) >= 11 is 0. The number of piperazine rings is 1. The van der Waals surface area contributed by atoms with Gasteiger partial charge in [0.2, 0.25) is 6.79 Å². The zero-order valence-corrected chi connectivity index (χ0v) is 19.8. The Bertz CT molecular complexity index is 1230. The highest BCUT2D eigenvalue weighted by atomic mass is 16.7. The highest BCUT2D eigenvalue weighted by Crippen LogP contribution is 2.35. The Morgan fingerprint density at radius 2 is 1.86 bits per heavy atom. The average Bonchev–Trinajstić information content (AvgIpc) is 3.36. The molecule has 35 heavy (non-hydrogen) atoms. The van der Waals surface area contributed by atoms with E-state index in [-0.39, 0.29) is 6.79 Å². The minimum atomic E-state index is -0.418. The van der Waals surface area contributed by atoms with Crippen LogP contribution in [0.25, 0.3) is 0 Å². The number of methoxy groups -OCH3 is 1. The third-order valence-electron chi connectivity index (χ3n) is 6.35. The molecule has 5 rings (SSSR count). The number of aromatic nitrogens is 2. The predicted molar refractivity (Wildman–Crippen MR) is 132 cm³/mol. The molecule has 0 unspecified atom stereocenters. The maximum Gasteiger partial charge on any atom is 0.339 e. The SMILES string of the molecule is COC(=O)c1ccccc1N(C)c1ncnc(N2CCN(Cc3ccc4c(c3)OCO4)CC2)c1N. The quantitative estimate of drug-likeness (QED) is 0.534. The number of hydrogen-bond donors (Lipinski definition) is 1. The van der Waals surface area contributed by atoms with Gasteiger partial charge in [-0.3, -0.25) is 4.90 Å². The molecular weight excluding hydrogens is 448 g/mol. The van der Waals surface area contributed by atoms with Crippen LogP contribution in [0, 0.1) is 0 Å². The molecule has 1 aromatic heterocycles. The summed E-state index contributed by atoms with van der Waals surface area (Å²) in [6.45, 7) is 4.43. The number of carbonyl (C=O) groups excluding carboxylic acids is 1. The monoisotopic (exact) mass is 476 g/mol. The van der Waals surface area contributed by atoms with Crippen LogP contribution in [0.3, 0.4) is 0 Å². The van der Waals surface area contributed by atoms with Gasteiger partial charge in [-0.05, 0) is 29.8 Å². The summed E-state index contributed by atoms with van der Waals surface area (Å²) in [5, 5.41) is 0. The first-order valence-corrected chi connectivity index (χ1v) is 11.4. The van der Waals surface area contributed by atoms with Crippen LogP contribution in [-0.4, -0.2) is 68.0 Å². The number of benzene rings is 2. The Labute approximate surface area is 203 Å². The van der Waals surface area contributed by atoms with Gasteiger partial charge >= 0.3 is 5.97 Å². The van der Waals surface area contributed by atoms with Gasteiger partial charge in [0.25, 0.3) is 0 Å². The number of nitrogens with zero attached hydrogens (tertiary/aromatic N) is 5. The second-order valence-corrected chi connectivity index (χ2v) is 8.45. The van der Waals surface area contributed by atoms with Gasteiger partial charge < -0.3 is 29.7 Å². The fourth-order valence-electron chi connectivity index (χ4n) is 4.47. The fourth-order valence-corrected chi connectivity index (χ4v) is 4.47. The molecule has 2 N–H and O–H groups in total. The van der Waals surface area contributed by atoms with Gasteiger partial charge in [-0.25, -0.2) is 14.8 Å². The topological polar surface area (TPSA) is 106 Å². The minimum Gasteiger partial charge on any atom is -0.465 e. The Hall–Kier alpha value is -4.05. The van der Waals surface area contributed by atoms with Crippen molar-refractivity contribution < 1.29 is 19.0 Å². The molecular formula is C25H28N6O4. The molecule has 0 aliphatic carbocycles. The molecule has 2 aliphatic heterocycles. The lowest BCUT2D eigenvalue weighted by Crippen LogP contribution is -2.46. The van der Waals surface area contributed by atoms with Crippen molar-refractivity contribution in [1.82, 2.24) is 14.9 Å². The van der Waals surface area contributed by atoms with E-state index < -0.39 is 5.97 Å². The van der Waals surface area contributed by atoms with E-state index in [4.69, 9.17) is 19.9 Å². The minimum absolute atomic E-state index is 0.281.